The first-order chi connectivity index (χ1) is 9.40. The number of nitrogens with two attached hydrogens (primary N) is 1. The van der Waals surface area contributed by atoms with Crippen molar-refractivity contribution in [2.45, 2.75) is 40.5 Å². The van der Waals surface area contributed by atoms with Crippen molar-refractivity contribution in [3.8, 4) is 0 Å². The van der Waals surface area contributed by atoms with Crippen LogP contribution >= 0.6 is 0 Å². The van der Waals surface area contributed by atoms with E-state index in [-0.39, 0.29) is 18.4 Å². The van der Waals surface area contributed by atoms with Gasteiger partial charge in [-0.15, -0.1) is 0 Å². The lowest BCUT2D eigenvalue weighted by molar-refractivity contribution is -0.119. The molecule has 1 aromatic rings. The molecule has 0 atom stereocenters. The molecule has 1 amide bonds. The lowest BCUT2D eigenvalue weighted by atomic mass is 10.2. The highest BCUT2D eigenvalue weighted by atomic mass is 16.2. The van der Waals surface area contributed by atoms with Crippen LogP contribution in [0.1, 0.15) is 45.0 Å². The molecule has 1 rings (SSSR count). The Bertz CT molecular complexity index is 473. The Morgan fingerprint density at radius 2 is 2.00 bits per heavy atom. The standard InChI is InChI=1S/C14H25N5O/c1-6-16-11(20)8-19(7-2)14-10(5)12(15)17-13(18-14)9(3)4/h9H,6-8H2,1-5H3,(H,16,20)(H2,15,17,18). The number of amides is 1. The van der Waals surface area contributed by atoms with Gasteiger partial charge >= 0.3 is 0 Å². The van der Waals surface area contributed by atoms with Crippen molar-refractivity contribution >= 4 is 17.5 Å². The van der Waals surface area contributed by atoms with E-state index in [1.807, 2.05) is 39.5 Å². The van der Waals surface area contributed by atoms with Crippen molar-refractivity contribution < 1.29 is 4.79 Å². The highest BCUT2D eigenvalue weighted by Gasteiger charge is 2.17. The minimum atomic E-state index is -0.0166. The summed E-state index contributed by atoms with van der Waals surface area (Å²) in [5.41, 5.74) is 6.78. The number of hydrogen-bond acceptors (Lipinski definition) is 5. The topological polar surface area (TPSA) is 84.1 Å². The van der Waals surface area contributed by atoms with Crippen LogP contribution in [0.3, 0.4) is 0 Å². The minimum Gasteiger partial charge on any atom is -0.383 e. The molecule has 1 aromatic heterocycles. The smallest absolute Gasteiger partial charge is 0.239 e. The molecule has 1 heterocycles. The van der Waals surface area contributed by atoms with Crippen molar-refractivity contribution in [3.63, 3.8) is 0 Å². The summed E-state index contributed by atoms with van der Waals surface area (Å²) < 4.78 is 0. The Hall–Kier alpha value is -1.85. The van der Waals surface area contributed by atoms with Crippen molar-refractivity contribution in [1.82, 2.24) is 15.3 Å². The number of anilines is 2. The molecule has 20 heavy (non-hydrogen) atoms. The molecule has 0 spiro atoms. The van der Waals surface area contributed by atoms with E-state index in [1.165, 1.54) is 0 Å². The fourth-order valence-corrected chi connectivity index (χ4v) is 1.87. The number of likely N-dealkylation sites (N-methyl/N-ethyl adjacent to an activating group) is 2. The van der Waals surface area contributed by atoms with Crippen molar-refractivity contribution in [2.75, 3.05) is 30.3 Å². The van der Waals surface area contributed by atoms with E-state index in [4.69, 9.17) is 5.73 Å². The molecular weight excluding hydrogens is 254 g/mol. The van der Waals surface area contributed by atoms with Gasteiger partial charge in [-0.3, -0.25) is 4.79 Å². The zero-order valence-corrected chi connectivity index (χ0v) is 13.0. The molecule has 0 bridgehead atoms. The van der Waals surface area contributed by atoms with Crippen molar-refractivity contribution in [2.24, 2.45) is 0 Å². The van der Waals surface area contributed by atoms with E-state index < -0.39 is 0 Å². The van der Waals surface area contributed by atoms with Crippen LogP contribution in [0.2, 0.25) is 0 Å². The Morgan fingerprint density at radius 3 is 2.50 bits per heavy atom. The van der Waals surface area contributed by atoms with Gasteiger partial charge < -0.3 is 16.0 Å². The summed E-state index contributed by atoms with van der Waals surface area (Å²) in [7, 11) is 0. The first-order valence-corrected chi connectivity index (χ1v) is 7.06. The molecule has 0 aliphatic heterocycles. The van der Waals surface area contributed by atoms with Gasteiger partial charge in [0, 0.05) is 24.6 Å². The van der Waals surface area contributed by atoms with Gasteiger partial charge in [-0.2, -0.15) is 0 Å². The Kier molecular flexibility index (Phi) is 5.73. The predicted octanol–water partition coefficient (Wildman–Crippen LogP) is 1.45. The van der Waals surface area contributed by atoms with Crippen LogP contribution in [-0.2, 0) is 4.79 Å². The number of rotatable bonds is 6. The van der Waals surface area contributed by atoms with Crippen LogP contribution in [0, 0.1) is 6.92 Å². The first kappa shape index (κ1) is 16.2. The van der Waals surface area contributed by atoms with Crippen LogP contribution in [0.15, 0.2) is 0 Å². The Labute approximate surface area is 120 Å². The van der Waals surface area contributed by atoms with E-state index in [9.17, 15) is 4.79 Å². The van der Waals surface area contributed by atoms with Gasteiger partial charge in [-0.25, -0.2) is 9.97 Å². The predicted molar refractivity (Wildman–Crippen MR) is 81.8 cm³/mol. The highest BCUT2D eigenvalue weighted by Crippen LogP contribution is 2.24. The maximum absolute atomic E-state index is 11.8. The maximum atomic E-state index is 11.8. The fourth-order valence-electron chi connectivity index (χ4n) is 1.87. The Morgan fingerprint density at radius 1 is 1.35 bits per heavy atom. The Balaban J connectivity index is 3.10. The van der Waals surface area contributed by atoms with Gasteiger partial charge in [-0.1, -0.05) is 13.8 Å². The summed E-state index contributed by atoms with van der Waals surface area (Å²) in [6, 6.07) is 0. The molecule has 0 aliphatic carbocycles. The van der Waals surface area contributed by atoms with E-state index in [0.29, 0.717) is 24.7 Å². The molecule has 0 fully saturated rings. The number of carbonyl (C=O) groups is 1. The molecule has 0 aliphatic rings. The lowest BCUT2D eigenvalue weighted by Crippen LogP contribution is -2.38. The summed E-state index contributed by atoms with van der Waals surface area (Å²) in [6.45, 7) is 11.4. The third-order valence-electron chi connectivity index (χ3n) is 3.08. The van der Waals surface area contributed by atoms with Gasteiger partial charge in [0.1, 0.15) is 17.5 Å². The fraction of sp³-hybridized carbons (Fsp3) is 0.643. The van der Waals surface area contributed by atoms with Crippen LogP contribution in [0.4, 0.5) is 11.6 Å². The second-order valence-electron chi connectivity index (χ2n) is 5.04. The number of nitrogen functional groups attached to an aromatic ring is 1. The van der Waals surface area contributed by atoms with Gasteiger partial charge in [0.25, 0.3) is 0 Å². The van der Waals surface area contributed by atoms with Crippen LogP contribution in [0.25, 0.3) is 0 Å². The summed E-state index contributed by atoms with van der Waals surface area (Å²) in [5.74, 6) is 2.11. The van der Waals surface area contributed by atoms with Gasteiger partial charge in [0.2, 0.25) is 5.91 Å². The molecule has 6 nitrogen and oxygen atoms in total. The molecule has 112 valence electrons. The minimum absolute atomic E-state index is 0.0166. The van der Waals surface area contributed by atoms with Gasteiger partial charge in [-0.05, 0) is 20.8 Å². The lowest BCUT2D eigenvalue weighted by Gasteiger charge is -2.24. The van der Waals surface area contributed by atoms with E-state index in [2.05, 4.69) is 15.3 Å². The quantitative estimate of drug-likeness (QED) is 0.823. The van der Waals surface area contributed by atoms with Crippen LogP contribution < -0.4 is 16.0 Å². The summed E-state index contributed by atoms with van der Waals surface area (Å²) in [6.07, 6.45) is 0. The van der Waals surface area contributed by atoms with Crippen molar-refractivity contribution in [1.29, 1.82) is 0 Å². The summed E-state index contributed by atoms with van der Waals surface area (Å²) in [4.78, 5) is 22.6. The molecule has 0 radical (unpaired) electrons. The van der Waals surface area contributed by atoms with E-state index >= 15 is 0 Å². The normalized spacial score (nSPS) is 10.7. The average Bonchev–Trinajstić information content (AvgIpc) is 2.39. The number of carbonyl (C=O) groups excluding carboxylic acids is 1. The highest BCUT2D eigenvalue weighted by molar-refractivity contribution is 5.81. The zero-order chi connectivity index (χ0) is 15.3. The number of hydrogen-bond donors (Lipinski definition) is 2. The molecule has 3 N–H and O–H groups in total. The number of nitrogens with zero attached hydrogens (tertiary/aromatic N) is 3. The van der Waals surface area contributed by atoms with E-state index in [1.54, 1.807) is 0 Å². The number of aromatic nitrogens is 2. The molecular formula is C14H25N5O. The third-order valence-corrected chi connectivity index (χ3v) is 3.08. The molecule has 6 heteroatoms. The second kappa shape index (κ2) is 7.07. The molecule has 0 aromatic carbocycles. The monoisotopic (exact) mass is 279 g/mol. The molecule has 0 saturated carbocycles. The third kappa shape index (κ3) is 3.82. The second-order valence-corrected chi connectivity index (χ2v) is 5.04. The summed E-state index contributed by atoms with van der Waals surface area (Å²) in [5, 5.41) is 2.80. The number of nitrogens with one attached hydrogen (secondary N) is 1. The van der Waals surface area contributed by atoms with Crippen molar-refractivity contribution in [3.05, 3.63) is 11.4 Å². The maximum Gasteiger partial charge on any atom is 0.239 e. The van der Waals surface area contributed by atoms with Gasteiger partial charge in [0.05, 0.1) is 6.54 Å². The van der Waals surface area contributed by atoms with Crippen LogP contribution in [-0.4, -0.2) is 35.5 Å². The largest absolute Gasteiger partial charge is 0.383 e. The summed E-state index contributed by atoms with van der Waals surface area (Å²) >= 11 is 0. The SMILES string of the molecule is CCNC(=O)CN(CC)c1nc(C(C)C)nc(N)c1C. The average molecular weight is 279 g/mol. The first-order valence-electron chi connectivity index (χ1n) is 7.06. The molecule has 0 saturated heterocycles. The van der Waals surface area contributed by atoms with Crippen LogP contribution in [0.5, 0.6) is 0 Å². The van der Waals surface area contributed by atoms with E-state index in [0.717, 1.165) is 11.4 Å². The zero-order valence-electron chi connectivity index (χ0n) is 13.0. The molecule has 0 unspecified atom stereocenters. The van der Waals surface area contributed by atoms with Gasteiger partial charge in [0.15, 0.2) is 0 Å².